The Bertz CT molecular complexity index is 757. The van der Waals surface area contributed by atoms with Crippen LogP contribution in [0, 0.1) is 0 Å². The number of sulfonamides is 1. The van der Waals surface area contributed by atoms with Gasteiger partial charge in [-0.25, -0.2) is 8.42 Å². The minimum absolute atomic E-state index is 0.150. The molecule has 0 aliphatic rings. The van der Waals surface area contributed by atoms with Crippen LogP contribution in [0.1, 0.15) is 25.3 Å². The lowest BCUT2D eigenvalue weighted by molar-refractivity contribution is 0.576. The first kappa shape index (κ1) is 17.5. The van der Waals surface area contributed by atoms with E-state index in [-0.39, 0.29) is 4.90 Å². The van der Waals surface area contributed by atoms with E-state index in [4.69, 9.17) is 11.6 Å². The summed E-state index contributed by atoms with van der Waals surface area (Å²) >= 11 is 5.79. The van der Waals surface area contributed by atoms with Crippen molar-refractivity contribution in [2.75, 3.05) is 0 Å². The number of benzene rings is 2. The Kier molecular flexibility index (Phi) is 6.21. The Morgan fingerprint density at radius 2 is 1.74 bits per heavy atom. The van der Waals surface area contributed by atoms with Crippen molar-refractivity contribution >= 4 is 27.3 Å². The van der Waals surface area contributed by atoms with E-state index < -0.39 is 10.0 Å². The fraction of sp³-hybridized carbons (Fsp3) is 0.176. The maximum absolute atomic E-state index is 12.3. The normalized spacial score (nSPS) is 12.2. The summed E-state index contributed by atoms with van der Waals surface area (Å²) in [6, 6.07) is 15.6. The number of nitrogens with one attached hydrogen (secondary N) is 2. The van der Waals surface area contributed by atoms with Crippen LogP contribution in [0.4, 0.5) is 0 Å². The van der Waals surface area contributed by atoms with Crippen LogP contribution in [0.15, 0.2) is 65.6 Å². The molecule has 122 valence electrons. The summed E-state index contributed by atoms with van der Waals surface area (Å²) in [5.74, 6) is 0. The second-order valence-corrected chi connectivity index (χ2v) is 7.08. The Labute approximate surface area is 142 Å². The second-order valence-electron chi connectivity index (χ2n) is 4.96. The number of unbranched alkanes of at least 4 members (excludes halogenated alkanes) is 1. The fourth-order valence-electron chi connectivity index (χ4n) is 1.94. The number of halogens is 1. The van der Waals surface area contributed by atoms with Gasteiger partial charge in [0.05, 0.1) is 10.6 Å². The average molecular weight is 351 g/mol. The molecule has 0 aliphatic carbocycles. The fourth-order valence-corrected chi connectivity index (χ4v) is 2.92. The zero-order valence-electron chi connectivity index (χ0n) is 12.8. The number of hydrazine groups is 1. The highest BCUT2D eigenvalue weighted by molar-refractivity contribution is 7.89. The molecule has 2 aromatic rings. The highest BCUT2D eigenvalue weighted by Crippen LogP contribution is 2.15. The van der Waals surface area contributed by atoms with Crippen molar-refractivity contribution < 1.29 is 8.42 Å². The monoisotopic (exact) mass is 350 g/mol. The third-order valence-electron chi connectivity index (χ3n) is 3.17. The van der Waals surface area contributed by atoms with E-state index in [0.29, 0.717) is 5.02 Å². The first-order valence-electron chi connectivity index (χ1n) is 7.32. The summed E-state index contributed by atoms with van der Waals surface area (Å²) in [7, 11) is -3.67. The standard InChI is InChI=1S/C17H19ClN2O2S/c1-2-3-9-17(14-7-5-4-6-8-14)19-20-23(21,22)16-12-10-15(18)11-13-16/h4-13,19-20H,2-3H2,1H3. The van der Waals surface area contributed by atoms with E-state index in [9.17, 15) is 8.42 Å². The highest BCUT2D eigenvalue weighted by atomic mass is 35.5. The molecule has 4 nitrogen and oxygen atoms in total. The lowest BCUT2D eigenvalue weighted by atomic mass is 10.1. The molecule has 2 aromatic carbocycles. The van der Waals surface area contributed by atoms with Gasteiger partial charge in [-0.05, 0) is 36.2 Å². The van der Waals surface area contributed by atoms with Crippen molar-refractivity contribution in [3.05, 3.63) is 71.3 Å². The van der Waals surface area contributed by atoms with Crippen LogP contribution in [-0.2, 0) is 10.0 Å². The van der Waals surface area contributed by atoms with Gasteiger partial charge < -0.3 is 5.43 Å². The molecule has 0 radical (unpaired) electrons. The lowest BCUT2D eigenvalue weighted by Gasteiger charge is -2.13. The first-order valence-corrected chi connectivity index (χ1v) is 9.18. The van der Waals surface area contributed by atoms with E-state index in [1.54, 1.807) is 12.1 Å². The Hall–Kier alpha value is -1.82. The van der Waals surface area contributed by atoms with Crippen molar-refractivity contribution in [3.8, 4) is 0 Å². The lowest BCUT2D eigenvalue weighted by Crippen LogP contribution is -2.36. The molecular weight excluding hydrogens is 332 g/mol. The Balaban J connectivity index is 2.16. The molecule has 0 aliphatic heterocycles. The number of hydrogen-bond acceptors (Lipinski definition) is 3. The summed E-state index contributed by atoms with van der Waals surface area (Å²) in [6.07, 6.45) is 3.79. The first-order chi connectivity index (χ1) is 11.0. The number of rotatable bonds is 7. The van der Waals surface area contributed by atoms with Gasteiger partial charge in [-0.15, -0.1) is 4.83 Å². The van der Waals surface area contributed by atoms with E-state index in [1.165, 1.54) is 12.1 Å². The van der Waals surface area contributed by atoms with E-state index in [2.05, 4.69) is 17.2 Å². The van der Waals surface area contributed by atoms with Crippen molar-refractivity contribution in [1.29, 1.82) is 0 Å². The molecule has 2 rings (SSSR count). The molecular formula is C17H19ClN2O2S. The minimum Gasteiger partial charge on any atom is -0.308 e. The number of allylic oxidation sites excluding steroid dienone is 1. The topological polar surface area (TPSA) is 58.2 Å². The van der Waals surface area contributed by atoms with E-state index >= 15 is 0 Å². The molecule has 2 N–H and O–H groups in total. The van der Waals surface area contributed by atoms with Gasteiger partial charge in [0.25, 0.3) is 10.0 Å². The summed E-state index contributed by atoms with van der Waals surface area (Å²) in [5, 5.41) is 0.490. The van der Waals surface area contributed by atoms with Gasteiger partial charge in [0.15, 0.2) is 0 Å². The molecule has 0 bridgehead atoms. The van der Waals surface area contributed by atoms with Gasteiger partial charge >= 0.3 is 0 Å². The second kappa shape index (κ2) is 8.15. The average Bonchev–Trinajstić information content (AvgIpc) is 2.56. The molecule has 0 fully saturated rings. The molecule has 0 spiro atoms. The van der Waals surface area contributed by atoms with Gasteiger partial charge in [-0.2, -0.15) is 0 Å². The van der Waals surface area contributed by atoms with Crippen LogP contribution in [0.2, 0.25) is 5.02 Å². The zero-order valence-corrected chi connectivity index (χ0v) is 14.4. The quantitative estimate of drug-likeness (QED) is 0.743. The molecule has 0 aromatic heterocycles. The molecule has 23 heavy (non-hydrogen) atoms. The van der Waals surface area contributed by atoms with Crippen LogP contribution >= 0.6 is 11.6 Å². The molecule has 6 heteroatoms. The molecule has 0 saturated carbocycles. The zero-order chi connectivity index (χ0) is 16.7. The molecule has 0 unspecified atom stereocenters. The maximum Gasteiger partial charge on any atom is 0.257 e. The maximum atomic E-state index is 12.3. The van der Waals surface area contributed by atoms with Crippen LogP contribution in [0.5, 0.6) is 0 Å². The molecule has 0 saturated heterocycles. The predicted molar refractivity (Wildman–Crippen MR) is 94.2 cm³/mol. The van der Waals surface area contributed by atoms with Crippen molar-refractivity contribution in [2.24, 2.45) is 0 Å². The van der Waals surface area contributed by atoms with Gasteiger partial charge in [0.2, 0.25) is 0 Å². The smallest absolute Gasteiger partial charge is 0.257 e. The highest BCUT2D eigenvalue weighted by Gasteiger charge is 2.14. The Morgan fingerprint density at radius 3 is 2.35 bits per heavy atom. The SMILES string of the molecule is CCCC=C(NNS(=O)(=O)c1ccc(Cl)cc1)c1ccccc1. The minimum atomic E-state index is -3.67. The summed E-state index contributed by atoms with van der Waals surface area (Å²) in [4.78, 5) is 2.56. The van der Waals surface area contributed by atoms with Gasteiger partial charge in [-0.3, -0.25) is 0 Å². The number of hydrogen-bond donors (Lipinski definition) is 2. The third kappa shape index (κ3) is 5.10. The summed E-state index contributed by atoms with van der Waals surface area (Å²) < 4.78 is 24.6. The van der Waals surface area contributed by atoms with Crippen molar-refractivity contribution in [2.45, 2.75) is 24.7 Å². The summed E-state index contributed by atoms with van der Waals surface area (Å²) in [6.45, 7) is 2.07. The Morgan fingerprint density at radius 1 is 1.09 bits per heavy atom. The third-order valence-corrected chi connectivity index (χ3v) is 4.68. The van der Waals surface area contributed by atoms with Gasteiger partial charge in [-0.1, -0.05) is 61.4 Å². The van der Waals surface area contributed by atoms with E-state index in [0.717, 1.165) is 24.1 Å². The molecule has 0 heterocycles. The largest absolute Gasteiger partial charge is 0.308 e. The van der Waals surface area contributed by atoms with Crippen LogP contribution in [0.25, 0.3) is 5.70 Å². The van der Waals surface area contributed by atoms with Crippen LogP contribution < -0.4 is 10.3 Å². The van der Waals surface area contributed by atoms with Gasteiger partial charge in [0.1, 0.15) is 0 Å². The molecule has 0 atom stereocenters. The van der Waals surface area contributed by atoms with Crippen LogP contribution in [-0.4, -0.2) is 8.42 Å². The van der Waals surface area contributed by atoms with E-state index in [1.807, 2.05) is 36.4 Å². The molecule has 0 amide bonds. The predicted octanol–water partition coefficient (Wildman–Crippen LogP) is 3.96. The van der Waals surface area contributed by atoms with Crippen molar-refractivity contribution in [3.63, 3.8) is 0 Å². The van der Waals surface area contributed by atoms with Crippen molar-refractivity contribution in [1.82, 2.24) is 10.3 Å². The van der Waals surface area contributed by atoms with Gasteiger partial charge in [0, 0.05) is 5.02 Å². The summed E-state index contributed by atoms with van der Waals surface area (Å²) in [5.41, 5.74) is 4.46. The van der Waals surface area contributed by atoms with Crippen LogP contribution in [0.3, 0.4) is 0 Å².